The summed E-state index contributed by atoms with van der Waals surface area (Å²) in [6, 6.07) is 14.6. The molecule has 0 aliphatic carbocycles. The van der Waals surface area contributed by atoms with Crippen LogP contribution in [0.5, 0.6) is 0 Å². The Kier molecular flexibility index (Phi) is 5.41. The highest BCUT2D eigenvalue weighted by atomic mass is 32.2. The van der Waals surface area contributed by atoms with E-state index in [1.165, 1.54) is 67.6 Å². The van der Waals surface area contributed by atoms with E-state index in [9.17, 15) is 22.0 Å². The zero-order valence-electron chi connectivity index (χ0n) is 14.7. The van der Waals surface area contributed by atoms with Gasteiger partial charge in [-0.3, -0.25) is 9.52 Å². The Morgan fingerprint density at radius 2 is 1.46 bits per heavy atom. The molecule has 3 rings (SSSR count). The molecule has 0 radical (unpaired) electrons. The summed E-state index contributed by atoms with van der Waals surface area (Å²) >= 11 is 0. The van der Waals surface area contributed by atoms with E-state index >= 15 is 0 Å². The van der Waals surface area contributed by atoms with Gasteiger partial charge in [-0.1, -0.05) is 0 Å². The van der Waals surface area contributed by atoms with Crippen molar-refractivity contribution in [2.45, 2.75) is 11.8 Å². The molecular formula is C20H16F2N2O3S. The smallest absolute Gasteiger partial charge is 0.261 e. The second kappa shape index (κ2) is 7.77. The number of benzene rings is 3. The molecule has 3 aromatic rings. The molecule has 0 heterocycles. The minimum Gasteiger partial charge on any atom is -0.322 e. The molecule has 0 unspecified atom stereocenters. The normalized spacial score (nSPS) is 11.1. The molecule has 8 heteroatoms. The molecule has 2 N–H and O–H groups in total. The van der Waals surface area contributed by atoms with E-state index in [0.29, 0.717) is 11.3 Å². The van der Waals surface area contributed by atoms with Gasteiger partial charge in [0.15, 0.2) is 0 Å². The van der Waals surface area contributed by atoms with Gasteiger partial charge in [-0.25, -0.2) is 17.2 Å². The summed E-state index contributed by atoms with van der Waals surface area (Å²) in [7, 11) is -3.89. The van der Waals surface area contributed by atoms with Crippen LogP contribution in [0.25, 0.3) is 0 Å². The highest BCUT2D eigenvalue weighted by Crippen LogP contribution is 2.19. The van der Waals surface area contributed by atoms with Crippen molar-refractivity contribution in [2.24, 2.45) is 0 Å². The van der Waals surface area contributed by atoms with Gasteiger partial charge >= 0.3 is 0 Å². The van der Waals surface area contributed by atoms with E-state index in [1.807, 2.05) is 0 Å². The first-order valence-corrected chi connectivity index (χ1v) is 9.69. The van der Waals surface area contributed by atoms with Crippen LogP contribution in [-0.2, 0) is 10.0 Å². The number of hydrogen-bond acceptors (Lipinski definition) is 3. The van der Waals surface area contributed by atoms with Crippen molar-refractivity contribution in [1.82, 2.24) is 0 Å². The molecule has 0 saturated carbocycles. The molecule has 0 aliphatic heterocycles. The zero-order valence-corrected chi connectivity index (χ0v) is 15.6. The van der Waals surface area contributed by atoms with Gasteiger partial charge in [0, 0.05) is 16.9 Å². The second-order valence-electron chi connectivity index (χ2n) is 6.05. The molecule has 1 amide bonds. The van der Waals surface area contributed by atoms with Crippen LogP contribution in [0.4, 0.5) is 20.2 Å². The van der Waals surface area contributed by atoms with Gasteiger partial charge in [0.1, 0.15) is 11.6 Å². The monoisotopic (exact) mass is 402 g/mol. The van der Waals surface area contributed by atoms with E-state index < -0.39 is 27.6 Å². The highest BCUT2D eigenvalue weighted by Gasteiger charge is 2.16. The maximum Gasteiger partial charge on any atom is 0.261 e. The van der Waals surface area contributed by atoms with Gasteiger partial charge in [-0.2, -0.15) is 0 Å². The number of aryl methyl sites for hydroxylation is 1. The van der Waals surface area contributed by atoms with Crippen LogP contribution >= 0.6 is 0 Å². The molecule has 0 spiro atoms. The van der Waals surface area contributed by atoms with Gasteiger partial charge in [0.2, 0.25) is 0 Å². The van der Waals surface area contributed by atoms with E-state index in [-0.39, 0.29) is 16.1 Å². The van der Waals surface area contributed by atoms with E-state index in [0.717, 1.165) is 6.07 Å². The third kappa shape index (κ3) is 4.52. The lowest BCUT2D eigenvalue weighted by Crippen LogP contribution is -2.14. The van der Waals surface area contributed by atoms with Gasteiger partial charge in [0.05, 0.1) is 4.90 Å². The summed E-state index contributed by atoms with van der Waals surface area (Å²) in [5.74, 6) is -1.32. The standard InChI is InChI=1S/C20H16F2N2O3S/c1-13-12-18(10-11-19(13)22)28(26,27)24-17-6-2-14(3-7-17)20(25)23-16-8-4-15(21)5-9-16/h2-12,24H,1H3,(H,23,25). The summed E-state index contributed by atoms with van der Waals surface area (Å²) < 4.78 is 53.4. The molecule has 0 aliphatic rings. The number of nitrogens with one attached hydrogen (secondary N) is 2. The van der Waals surface area contributed by atoms with Crippen LogP contribution in [0.2, 0.25) is 0 Å². The number of halogens is 2. The van der Waals surface area contributed by atoms with Crippen molar-refractivity contribution in [3.8, 4) is 0 Å². The Hall–Kier alpha value is -3.26. The lowest BCUT2D eigenvalue weighted by Gasteiger charge is -2.10. The molecule has 3 aromatic carbocycles. The number of amides is 1. The predicted molar refractivity (Wildman–Crippen MR) is 103 cm³/mol. The van der Waals surface area contributed by atoms with E-state index in [1.54, 1.807) is 0 Å². The van der Waals surface area contributed by atoms with Crippen LogP contribution in [0.15, 0.2) is 71.6 Å². The first-order chi connectivity index (χ1) is 13.2. The van der Waals surface area contributed by atoms with Crippen LogP contribution < -0.4 is 10.0 Å². The number of sulfonamides is 1. The summed E-state index contributed by atoms with van der Waals surface area (Å²) in [5, 5.41) is 2.61. The molecule has 0 bridgehead atoms. The SMILES string of the molecule is Cc1cc(S(=O)(=O)Nc2ccc(C(=O)Nc3ccc(F)cc3)cc2)ccc1F. The van der Waals surface area contributed by atoms with Gasteiger partial charge in [-0.15, -0.1) is 0 Å². The van der Waals surface area contributed by atoms with Crippen molar-refractivity contribution >= 4 is 27.3 Å². The number of rotatable bonds is 5. The minimum absolute atomic E-state index is 0.0653. The summed E-state index contributed by atoms with van der Waals surface area (Å²) in [6.07, 6.45) is 0. The fourth-order valence-corrected chi connectivity index (χ4v) is 3.57. The minimum atomic E-state index is -3.89. The topological polar surface area (TPSA) is 75.3 Å². The Balaban J connectivity index is 1.72. The second-order valence-corrected chi connectivity index (χ2v) is 7.74. The van der Waals surface area contributed by atoms with Gasteiger partial charge in [-0.05, 0) is 79.2 Å². The fraction of sp³-hybridized carbons (Fsp3) is 0.0500. The van der Waals surface area contributed by atoms with E-state index in [4.69, 9.17) is 0 Å². The molecule has 0 aromatic heterocycles. The van der Waals surface area contributed by atoms with Crippen molar-refractivity contribution < 1.29 is 22.0 Å². The molecule has 5 nitrogen and oxygen atoms in total. The quantitative estimate of drug-likeness (QED) is 0.667. The third-order valence-electron chi connectivity index (χ3n) is 3.94. The van der Waals surface area contributed by atoms with Crippen LogP contribution in [-0.4, -0.2) is 14.3 Å². The summed E-state index contributed by atoms with van der Waals surface area (Å²) in [6.45, 7) is 1.48. The van der Waals surface area contributed by atoms with Crippen LogP contribution in [0.3, 0.4) is 0 Å². The average molecular weight is 402 g/mol. The lowest BCUT2D eigenvalue weighted by molar-refractivity contribution is 0.102. The molecule has 28 heavy (non-hydrogen) atoms. The fourth-order valence-electron chi connectivity index (χ4n) is 2.42. The maximum absolute atomic E-state index is 13.3. The molecule has 0 atom stereocenters. The third-order valence-corrected chi connectivity index (χ3v) is 5.32. The molecule has 144 valence electrons. The number of hydrogen-bond donors (Lipinski definition) is 2. The zero-order chi connectivity index (χ0) is 20.3. The number of anilines is 2. The summed E-state index contributed by atoms with van der Waals surface area (Å²) in [4.78, 5) is 12.1. The highest BCUT2D eigenvalue weighted by molar-refractivity contribution is 7.92. The van der Waals surface area contributed by atoms with Crippen LogP contribution in [0.1, 0.15) is 15.9 Å². The Bertz CT molecular complexity index is 1110. The molecular weight excluding hydrogens is 386 g/mol. The van der Waals surface area contributed by atoms with E-state index in [2.05, 4.69) is 10.0 Å². The Morgan fingerprint density at radius 3 is 2.07 bits per heavy atom. The van der Waals surface area contributed by atoms with Gasteiger partial charge < -0.3 is 5.32 Å². The van der Waals surface area contributed by atoms with Crippen LogP contribution in [0, 0.1) is 18.6 Å². The number of carbonyl (C=O) groups excluding carboxylic acids is 1. The van der Waals surface area contributed by atoms with Gasteiger partial charge in [0.25, 0.3) is 15.9 Å². The summed E-state index contributed by atoms with van der Waals surface area (Å²) in [5.41, 5.74) is 1.20. The van der Waals surface area contributed by atoms with Crippen molar-refractivity contribution in [3.63, 3.8) is 0 Å². The molecule has 0 fully saturated rings. The van der Waals surface area contributed by atoms with Crippen molar-refractivity contribution in [1.29, 1.82) is 0 Å². The first-order valence-electron chi connectivity index (χ1n) is 8.20. The largest absolute Gasteiger partial charge is 0.322 e. The Labute approximate surface area is 161 Å². The number of carbonyl (C=O) groups is 1. The average Bonchev–Trinajstić information content (AvgIpc) is 2.66. The predicted octanol–water partition coefficient (Wildman–Crippen LogP) is 4.33. The van der Waals surface area contributed by atoms with Crippen molar-refractivity contribution in [3.05, 3.63) is 89.5 Å². The maximum atomic E-state index is 13.3. The Morgan fingerprint density at radius 1 is 0.857 bits per heavy atom. The molecule has 0 saturated heterocycles. The van der Waals surface area contributed by atoms with Crippen molar-refractivity contribution in [2.75, 3.05) is 10.0 Å². The first kappa shape index (κ1) is 19.5. The lowest BCUT2D eigenvalue weighted by atomic mass is 10.2.